The van der Waals surface area contributed by atoms with E-state index in [-0.39, 0.29) is 22.9 Å². The van der Waals surface area contributed by atoms with Crippen LogP contribution in [0, 0.1) is 17.8 Å². The molecular weight excluding hydrogens is 714 g/mol. The number of anilines is 1. The fraction of sp³-hybridized carbons (Fsp3) is 0.650. The molecule has 1 spiro atoms. The van der Waals surface area contributed by atoms with Crippen molar-refractivity contribution >= 4 is 33.3 Å². The van der Waals surface area contributed by atoms with Gasteiger partial charge in [-0.15, -0.1) is 0 Å². The first kappa shape index (κ1) is 37.2. The highest BCUT2D eigenvalue weighted by Crippen LogP contribution is 2.49. The minimum atomic E-state index is -4.00. The Kier molecular flexibility index (Phi) is 10.3. The topological polar surface area (TPSA) is 114 Å². The number of carbonyl (C=O) groups excluding carboxylic acids is 1. The number of nitrogens with one attached hydrogen (secondary N) is 1. The van der Waals surface area contributed by atoms with Gasteiger partial charge in [0.25, 0.3) is 5.91 Å². The first-order valence-electron chi connectivity index (χ1n) is 19.5. The zero-order chi connectivity index (χ0) is 37.0. The molecule has 0 unspecified atom stereocenters. The number of halogens is 1. The van der Waals surface area contributed by atoms with E-state index in [1.807, 2.05) is 20.1 Å². The van der Waals surface area contributed by atoms with Crippen molar-refractivity contribution in [2.24, 2.45) is 17.8 Å². The number of aryl methyl sites for hydroxylation is 1. The van der Waals surface area contributed by atoms with Crippen molar-refractivity contribution in [3.8, 4) is 5.75 Å². The summed E-state index contributed by atoms with van der Waals surface area (Å²) in [6.07, 6.45) is 9.91. The van der Waals surface area contributed by atoms with Gasteiger partial charge in [0.15, 0.2) is 11.6 Å². The normalized spacial score (nSPS) is 35.4. The zero-order valence-electron chi connectivity index (χ0n) is 31.3. The number of piperazine rings is 1. The second-order valence-corrected chi connectivity index (χ2v) is 19.0. The number of rotatable bonds is 3. The molecule has 2 bridgehead atoms. The number of nitrogens with zero attached hydrogens (tertiary/aromatic N) is 4. The summed E-state index contributed by atoms with van der Waals surface area (Å²) in [5, 5.41) is -0.0736. The number of allylic oxidation sites excluding steroid dienone is 1. The second-order valence-electron chi connectivity index (χ2n) is 16.5. The van der Waals surface area contributed by atoms with Crippen LogP contribution in [-0.2, 0) is 31.3 Å². The predicted molar refractivity (Wildman–Crippen MR) is 205 cm³/mol. The van der Waals surface area contributed by atoms with Gasteiger partial charge in [-0.05, 0) is 98.6 Å². The third-order valence-corrected chi connectivity index (χ3v) is 15.6. The van der Waals surface area contributed by atoms with Crippen molar-refractivity contribution in [3.63, 3.8) is 0 Å². The van der Waals surface area contributed by atoms with Crippen LogP contribution in [0.1, 0.15) is 67.6 Å². The number of sulfonamides is 1. The molecule has 2 saturated heterocycles. The number of morpholine rings is 1. The number of hydrogen-bond donors (Lipinski definition) is 1. The van der Waals surface area contributed by atoms with E-state index >= 15 is 0 Å². The summed E-state index contributed by atoms with van der Waals surface area (Å²) < 4.78 is 48.8. The maximum atomic E-state index is 13.6. The quantitative estimate of drug-likeness (QED) is 0.442. The second kappa shape index (κ2) is 14.7. The first-order valence-corrected chi connectivity index (χ1v) is 21.4. The Balaban J connectivity index is 1.19. The molecule has 2 aliphatic carbocycles. The lowest BCUT2D eigenvalue weighted by Crippen LogP contribution is -2.62. The SMILES string of the molecule is CO[C@]1(CN2CCN3CCOC[C@@H]3C2)/C=C\C[C@H](C)[C@@H](C)S(=O)(=O)NC(=O)c2ccc3c(n2)N(C[C@@H]2CC[C@H]21)C[C@@]1(CCCc2cc(Cl)ccc21)CO3. The molecule has 1 amide bonds. The van der Waals surface area contributed by atoms with Crippen LogP contribution in [0.25, 0.3) is 0 Å². The molecule has 6 aliphatic rings. The molecule has 1 saturated carbocycles. The van der Waals surface area contributed by atoms with Crippen molar-refractivity contribution in [2.75, 3.05) is 77.6 Å². The van der Waals surface area contributed by atoms with Gasteiger partial charge in [-0.25, -0.2) is 18.1 Å². The van der Waals surface area contributed by atoms with E-state index < -0.39 is 26.8 Å². The van der Waals surface area contributed by atoms with Crippen LogP contribution in [0.5, 0.6) is 5.75 Å². The van der Waals surface area contributed by atoms with Gasteiger partial charge in [-0.1, -0.05) is 36.7 Å². The van der Waals surface area contributed by atoms with Crippen LogP contribution in [0.2, 0.25) is 5.02 Å². The van der Waals surface area contributed by atoms with E-state index in [0.717, 1.165) is 83.1 Å². The summed E-state index contributed by atoms with van der Waals surface area (Å²) in [4.78, 5) is 25.9. The molecule has 5 heterocycles. The standard InChI is InChI=1S/C40H54ClN5O6S/c1-27-6-4-15-40(50-3,25-44-16-17-45-18-19-51-23-32(45)22-44)34-10-8-30(34)21-46-24-39(14-5-7-29-20-31(41)9-11-33(29)39)26-52-36-13-12-35(42-37(36)46)38(47)43-53(48,49)28(27)2/h4,9,11-13,15,20,27-28,30,32,34H,5-8,10,14,16-19,21-26H2,1-3H3,(H,43,47)/b15-4-/t27-,28+,30-,32-,34+,39-,40-/m0/s1. The van der Waals surface area contributed by atoms with E-state index in [1.54, 1.807) is 19.1 Å². The molecule has 2 aromatic rings. The van der Waals surface area contributed by atoms with Crippen LogP contribution < -0.4 is 14.4 Å². The number of amides is 1. The molecule has 7 atom stereocenters. The lowest BCUT2D eigenvalue weighted by Gasteiger charge is -2.53. The number of aromatic nitrogens is 1. The Morgan fingerprint density at radius 3 is 2.79 bits per heavy atom. The van der Waals surface area contributed by atoms with Gasteiger partial charge in [-0.3, -0.25) is 14.6 Å². The van der Waals surface area contributed by atoms with Crippen LogP contribution in [0.3, 0.4) is 0 Å². The predicted octanol–water partition coefficient (Wildman–Crippen LogP) is 4.68. The van der Waals surface area contributed by atoms with E-state index in [4.69, 9.17) is 30.8 Å². The van der Waals surface area contributed by atoms with Crippen LogP contribution >= 0.6 is 11.6 Å². The maximum Gasteiger partial charge on any atom is 0.283 e. The average molecular weight is 768 g/mol. The number of fused-ring (bicyclic) bond motifs is 5. The molecule has 8 rings (SSSR count). The van der Waals surface area contributed by atoms with E-state index in [2.05, 4.69) is 43.7 Å². The average Bonchev–Trinajstić information content (AvgIpc) is 3.28. The summed E-state index contributed by atoms with van der Waals surface area (Å²) in [6.45, 7) is 11.6. The van der Waals surface area contributed by atoms with Gasteiger partial charge in [0.1, 0.15) is 11.3 Å². The molecule has 11 nitrogen and oxygen atoms in total. The Bertz CT molecular complexity index is 1850. The fourth-order valence-corrected chi connectivity index (χ4v) is 11.4. The van der Waals surface area contributed by atoms with Crippen LogP contribution in [0.15, 0.2) is 42.5 Å². The third kappa shape index (κ3) is 7.13. The Hall–Kier alpha value is -2.74. The Morgan fingerprint density at radius 2 is 1.98 bits per heavy atom. The molecule has 53 heavy (non-hydrogen) atoms. The molecule has 1 aromatic carbocycles. The van der Waals surface area contributed by atoms with Gasteiger partial charge >= 0.3 is 0 Å². The summed E-state index contributed by atoms with van der Waals surface area (Å²) in [5.41, 5.74) is 1.69. The fourth-order valence-electron chi connectivity index (χ4n) is 9.96. The number of hydrogen-bond acceptors (Lipinski definition) is 10. The zero-order valence-corrected chi connectivity index (χ0v) is 32.8. The van der Waals surface area contributed by atoms with Crippen LogP contribution in [-0.4, -0.2) is 119 Å². The number of benzene rings is 1. The number of methoxy groups -OCH3 is 1. The van der Waals surface area contributed by atoms with Crippen molar-refractivity contribution in [1.29, 1.82) is 0 Å². The van der Waals surface area contributed by atoms with Crippen molar-refractivity contribution in [1.82, 2.24) is 19.5 Å². The summed E-state index contributed by atoms with van der Waals surface area (Å²) in [6, 6.07) is 9.96. The Labute approximate surface area is 319 Å². The Morgan fingerprint density at radius 1 is 1.11 bits per heavy atom. The molecule has 3 fully saturated rings. The number of ether oxygens (including phenoxy) is 3. The van der Waals surface area contributed by atoms with Gasteiger partial charge in [0.2, 0.25) is 10.0 Å². The third-order valence-electron chi connectivity index (χ3n) is 13.4. The molecule has 1 aromatic heterocycles. The van der Waals surface area contributed by atoms with Gasteiger partial charge in [0.05, 0.1) is 25.1 Å². The minimum Gasteiger partial charge on any atom is -0.489 e. The van der Waals surface area contributed by atoms with E-state index in [1.165, 1.54) is 11.1 Å². The smallest absolute Gasteiger partial charge is 0.283 e. The van der Waals surface area contributed by atoms with Crippen molar-refractivity contribution in [2.45, 2.75) is 74.7 Å². The molecular formula is C40H54ClN5O6S. The molecule has 13 heteroatoms. The lowest BCUT2D eigenvalue weighted by molar-refractivity contribution is -0.108. The molecule has 288 valence electrons. The molecule has 0 radical (unpaired) electrons. The monoisotopic (exact) mass is 767 g/mol. The number of carbonyl (C=O) groups is 1. The molecule has 4 aliphatic heterocycles. The lowest BCUT2D eigenvalue weighted by atomic mass is 9.63. The van der Waals surface area contributed by atoms with Crippen LogP contribution in [0.4, 0.5) is 5.82 Å². The van der Waals surface area contributed by atoms with Gasteiger partial charge < -0.3 is 19.1 Å². The minimum absolute atomic E-state index is 0.0572. The van der Waals surface area contributed by atoms with E-state index in [0.29, 0.717) is 49.6 Å². The highest BCUT2D eigenvalue weighted by molar-refractivity contribution is 7.90. The van der Waals surface area contributed by atoms with E-state index in [9.17, 15) is 13.2 Å². The summed E-state index contributed by atoms with van der Waals surface area (Å²) >= 11 is 6.50. The molecule has 1 N–H and O–H groups in total. The number of pyridine rings is 1. The van der Waals surface area contributed by atoms with Crippen molar-refractivity contribution in [3.05, 3.63) is 64.3 Å². The highest BCUT2D eigenvalue weighted by atomic mass is 35.5. The highest BCUT2D eigenvalue weighted by Gasteiger charge is 2.50. The summed E-state index contributed by atoms with van der Waals surface area (Å²) in [5.74, 6) is 0.730. The summed E-state index contributed by atoms with van der Waals surface area (Å²) in [7, 11) is -2.16. The first-order chi connectivity index (χ1) is 25.5. The van der Waals surface area contributed by atoms with Gasteiger partial charge in [-0.2, -0.15) is 0 Å². The maximum absolute atomic E-state index is 13.6. The largest absolute Gasteiger partial charge is 0.489 e. The van der Waals surface area contributed by atoms with Gasteiger partial charge in [0, 0.05) is 69.4 Å². The van der Waals surface area contributed by atoms with Crippen molar-refractivity contribution < 1.29 is 27.4 Å².